The fraction of sp³-hybridized carbons (Fsp3) is 0.562. The number of anilines is 2. The van der Waals surface area contributed by atoms with E-state index < -0.39 is 0 Å². The first kappa shape index (κ1) is 13.4. The number of carbonyl (C=O) groups is 1. The number of nitrogens with zero attached hydrogens (tertiary/aromatic N) is 1. The first-order valence-electron chi connectivity index (χ1n) is 7.34. The second-order valence-corrected chi connectivity index (χ2v) is 6.06. The molecule has 2 N–H and O–H groups in total. The van der Waals surface area contributed by atoms with Gasteiger partial charge in [0.25, 0.3) is 0 Å². The summed E-state index contributed by atoms with van der Waals surface area (Å²) in [5, 5.41) is 0. The topological polar surface area (TPSA) is 55.6 Å². The fourth-order valence-electron chi connectivity index (χ4n) is 3.50. The second-order valence-electron chi connectivity index (χ2n) is 6.06. The molecule has 0 bridgehead atoms. The summed E-state index contributed by atoms with van der Waals surface area (Å²) >= 11 is 0. The lowest BCUT2D eigenvalue weighted by Crippen LogP contribution is -2.40. The highest BCUT2D eigenvalue weighted by Crippen LogP contribution is 2.37. The predicted molar refractivity (Wildman–Crippen MR) is 79.6 cm³/mol. The van der Waals surface area contributed by atoms with Crippen molar-refractivity contribution in [1.29, 1.82) is 0 Å². The third-order valence-electron chi connectivity index (χ3n) is 4.80. The Morgan fingerprint density at radius 2 is 2.05 bits per heavy atom. The molecule has 2 heterocycles. The van der Waals surface area contributed by atoms with Crippen LogP contribution in [0.3, 0.4) is 0 Å². The highest BCUT2D eigenvalue weighted by Gasteiger charge is 2.44. The number of carbonyl (C=O) groups excluding carboxylic acids is 1. The van der Waals surface area contributed by atoms with Gasteiger partial charge in [-0.3, -0.25) is 4.79 Å². The van der Waals surface area contributed by atoms with Crippen LogP contribution >= 0.6 is 0 Å². The first-order valence-corrected chi connectivity index (χ1v) is 7.34. The Labute approximate surface area is 119 Å². The van der Waals surface area contributed by atoms with Crippen LogP contribution in [-0.2, 0) is 16.0 Å². The van der Waals surface area contributed by atoms with Crippen molar-refractivity contribution in [1.82, 2.24) is 0 Å². The van der Waals surface area contributed by atoms with Gasteiger partial charge >= 0.3 is 0 Å². The minimum atomic E-state index is -0.0580. The molecule has 0 saturated carbocycles. The highest BCUT2D eigenvalue weighted by molar-refractivity contribution is 5.98. The smallest absolute Gasteiger partial charge is 0.233 e. The molecule has 2 aliphatic heterocycles. The lowest BCUT2D eigenvalue weighted by atomic mass is 9.88. The normalized spacial score (nSPS) is 32.5. The molecule has 1 amide bonds. The molecule has 4 unspecified atom stereocenters. The number of fused-ring (bicyclic) bond motifs is 1. The van der Waals surface area contributed by atoms with Gasteiger partial charge in [0.2, 0.25) is 5.91 Å². The van der Waals surface area contributed by atoms with Gasteiger partial charge in [0.05, 0.1) is 18.1 Å². The minimum absolute atomic E-state index is 0.0161. The quantitative estimate of drug-likeness (QED) is 0.799. The van der Waals surface area contributed by atoms with Crippen molar-refractivity contribution < 1.29 is 9.53 Å². The standard InChI is InChI=1S/C16H22N2O2/c1-9-10(2)20-11(3)15(9)16(19)18-7-6-12-4-5-13(17)8-14(12)18/h4-5,8-11,15H,6-7,17H2,1-3H3. The van der Waals surface area contributed by atoms with Crippen molar-refractivity contribution in [3.8, 4) is 0 Å². The zero-order valence-electron chi connectivity index (χ0n) is 12.3. The minimum Gasteiger partial charge on any atom is -0.399 e. The summed E-state index contributed by atoms with van der Waals surface area (Å²) in [5.74, 6) is 0.374. The molecule has 3 rings (SSSR count). The van der Waals surface area contributed by atoms with Crippen LogP contribution in [0.5, 0.6) is 0 Å². The summed E-state index contributed by atoms with van der Waals surface area (Å²) in [4.78, 5) is 14.8. The second kappa shape index (κ2) is 4.77. The van der Waals surface area contributed by atoms with Gasteiger partial charge in [-0.05, 0) is 43.9 Å². The third kappa shape index (κ3) is 1.99. The molecule has 4 atom stereocenters. The molecular formula is C16H22N2O2. The Hall–Kier alpha value is -1.55. The van der Waals surface area contributed by atoms with E-state index in [0.717, 1.165) is 18.7 Å². The molecule has 0 radical (unpaired) electrons. The Kier molecular flexibility index (Phi) is 3.21. The van der Waals surface area contributed by atoms with Gasteiger partial charge in [-0.15, -0.1) is 0 Å². The molecule has 0 aliphatic carbocycles. The van der Waals surface area contributed by atoms with Gasteiger partial charge < -0.3 is 15.4 Å². The maximum Gasteiger partial charge on any atom is 0.233 e. The van der Waals surface area contributed by atoms with Crippen LogP contribution in [0.1, 0.15) is 26.3 Å². The number of benzene rings is 1. The van der Waals surface area contributed by atoms with Crippen molar-refractivity contribution >= 4 is 17.3 Å². The third-order valence-corrected chi connectivity index (χ3v) is 4.80. The van der Waals surface area contributed by atoms with E-state index in [1.54, 1.807) is 0 Å². The molecule has 1 aromatic rings. The number of ether oxygens (including phenoxy) is 1. The predicted octanol–water partition coefficient (Wildman–Crippen LogP) is 2.22. The summed E-state index contributed by atoms with van der Waals surface area (Å²) in [7, 11) is 0. The maximum atomic E-state index is 12.9. The van der Waals surface area contributed by atoms with Gasteiger partial charge in [-0.1, -0.05) is 13.0 Å². The van der Waals surface area contributed by atoms with E-state index in [-0.39, 0.29) is 30.0 Å². The van der Waals surface area contributed by atoms with Gasteiger partial charge in [0, 0.05) is 17.9 Å². The lowest BCUT2D eigenvalue weighted by Gasteiger charge is -2.25. The Morgan fingerprint density at radius 1 is 1.30 bits per heavy atom. The van der Waals surface area contributed by atoms with Crippen LogP contribution in [0.15, 0.2) is 18.2 Å². The largest absolute Gasteiger partial charge is 0.399 e. The zero-order chi connectivity index (χ0) is 14.4. The molecule has 0 spiro atoms. The van der Waals surface area contributed by atoms with E-state index >= 15 is 0 Å². The van der Waals surface area contributed by atoms with E-state index in [9.17, 15) is 4.79 Å². The maximum absolute atomic E-state index is 12.9. The number of nitrogen functional groups attached to an aromatic ring is 1. The van der Waals surface area contributed by atoms with Crippen LogP contribution in [-0.4, -0.2) is 24.7 Å². The van der Waals surface area contributed by atoms with E-state index in [1.807, 2.05) is 36.9 Å². The molecule has 2 aliphatic rings. The number of hydrogen-bond acceptors (Lipinski definition) is 3. The molecule has 1 aromatic carbocycles. The van der Waals surface area contributed by atoms with Crippen LogP contribution < -0.4 is 10.6 Å². The average molecular weight is 274 g/mol. The summed E-state index contributed by atoms with van der Waals surface area (Å²) in [6, 6.07) is 5.84. The van der Waals surface area contributed by atoms with E-state index in [2.05, 4.69) is 6.92 Å². The van der Waals surface area contributed by atoms with Crippen molar-refractivity contribution in [2.45, 2.75) is 39.4 Å². The van der Waals surface area contributed by atoms with Gasteiger partial charge in [-0.2, -0.15) is 0 Å². The monoisotopic (exact) mass is 274 g/mol. The van der Waals surface area contributed by atoms with Gasteiger partial charge in [0.1, 0.15) is 0 Å². The average Bonchev–Trinajstić information content (AvgIpc) is 2.91. The summed E-state index contributed by atoms with van der Waals surface area (Å²) < 4.78 is 5.81. The number of amides is 1. The molecule has 0 aromatic heterocycles. The summed E-state index contributed by atoms with van der Waals surface area (Å²) in [6.45, 7) is 6.90. The van der Waals surface area contributed by atoms with Crippen molar-refractivity contribution in [3.05, 3.63) is 23.8 Å². The zero-order valence-corrected chi connectivity index (χ0v) is 12.3. The number of hydrogen-bond donors (Lipinski definition) is 1. The van der Waals surface area contributed by atoms with Crippen molar-refractivity contribution in [3.63, 3.8) is 0 Å². The Morgan fingerprint density at radius 3 is 2.70 bits per heavy atom. The Balaban J connectivity index is 1.89. The molecule has 1 saturated heterocycles. The van der Waals surface area contributed by atoms with E-state index in [1.165, 1.54) is 5.56 Å². The molecular weight excluding hydrogens is 252 g/mol. The van der Waals surface area contributed by atoms with E-state index in [4.69, 9.17) is 10.5 Å². The van der Waals surface area contributed by atoms with Gasteiger partial charge in [-0.25, -0.2) is 0 Å². The summed E-state index contributed by atoms with van der Waals surface area (Å²) in [6.07, 6.45) is 1.03. The van der Waals surface area contributed by atoms with Crippen LogP contribution in [0.25, 0.3) is 0 Å². The first-order chi connectivity index (χ1) is 9.49. The van der Waals surface area contributed by atoms with Crippen LogP contribution in [0, 0.1) is 11.8 Å². The molecule has 1 fully saturated rings. The van der Waals surface area contributed by atoms with Crippen LogP contribution in [0.4, 0.5) is 11.4 Å². The number of rotatable bonds is 1. The molecule has 20 heavy (non-hydrogen) atoms. The molecule has 108 valence electrons. The van der Waals surface area contributed by atoms with E-state index in [0.29, 0.717) is 5.69 Å². The van der Waals surface area contributed by atoms with Crippen LogP contribution in [0.2, 0.25) is 0 Å². The van der Waals surface area contributed by atoms with Crippen molar-refractivity contribution in [2.75, 3.05) is 17.2 Å². The molecule has 4 heteroatoms. The summed E-state index contributed by atoms with van der Waals surface area (Å²) in [5.41, 5.74) is 8.76. The molecule has 4 nitrogen and oxygen atoms in total. The van der Waals surface area contributed by atoms with Gasteiger partial charge in [0.15, 0.2) is 0 Å². The van der Waals surface area contributed by atoms with Crippen molar-refractivity contribution in [2.24, 2.45) is 11.8 Å². The SMILES string of the molecule is CC1OC(C)C(C(=O)N2CCc3ccc(N)cc32)C1C. The Bertz CT molecular complexity index is 543. The highest BCUT2D eigenvalue weighted by atomic mass is 16.5. The number of nitrogens with two attached hydrogens (primary N) is 1. The fourth-order valence-corrected chi connectivity index (χ4v) is 3.50. The lowest BCUT2D eigenvalue weighted by molar-refractivity contribution is -0.124.